The average molecular weight is 277 g/mol. The van der Waals surface area contributed by atoms with Crippen molar-refractivity contribution >= 4 is 0 Å². The zero-order valence-electron chi connectivity index (χ0n) is 10.3. The molecule has 0 aliphatic rings. The Morgan fingerprint density at radius 1 is 1.35 bits per heavy atom. The Labute approximate surface area is 113 Å². The minimum Gasteiger partial charge on any atom is -0.390 e. The van der Waals surface area contributed by atoms with Crippen molar-refractivity contribution in [3.05, 3.63) is 52.3 Å². The molecule has 0 fully saturated rings. The number of aromatic amines is 1. The Kier molecular flexibility index (Phi) is 4.31. The number of aromatic nitrogens is 2. The molecule has 7 nitrogen and oxygen atoms in total. The van der Waals surface area contributed by atoms with Crippen molar-refractivity contribution in [2.24, 2.45) is 5.11 Å². The van der Waals surface area contributed by atoms with Crippen molar-refractivity contribution in [2.75, 3.05) is 6.54 Å². The predicted molar refractivity (Wildman–Crippen MR) is 69.0 cm³/mol. The van der Waals surface area contributed by atoms with Crippen LogP contribution in [0.5, 0.6) is 0 Å². The third-order valence-electron chi connectivity index (χ3n) is 2.82. The molecule has 0 bridgehead atoms. The second kappa shape index (κ2) is 6.16. The molecule has 20 heavy (non-hydrogen) atoms. The van der Waals surface area contributed by atoms with Gasteiger partial charge in [0.05, 0.1) is 24.5 Å². The van der Waals surface area contributed by atoms with E-state index in [0.29, 0.717) is 16.8 Å². The Bertz CT molecular complexity index is 621. The molecule has 0 amide bonds. The van der Waals surface area contributed by atoms with Gasteiger partial charge in [0.15, 0.2) is 0 Å². The fourth-order valence-corrected chi connectivity index (χ4v) is 1.79. The van der Waals surface area contributed by atoms with Crippen LogP contribution in [0.3, 0.4) is 0 Å². The molecule has 2 atom stereocenters. The van der Waals surface area contributed by atoms with Crippen molar-refractivity contribution in [1.29, 1.82) is 0 Å². The highest BCUT2D eigenvalue weighted by Crippen LogP contribution is 2.28. The van der Waals surface area contributed by atoms with Crippen molar-refractivity contribution in [1.82, 2.24) is 10.2 Å². The van der Waals surface area contributed by atoms with Crippen LogP contribution in [0.15, 0.2) is 35.6 Å². The molecule has 1 heterocycles. The summed E-state index contributed by atoms with van der Waals surface area (Å²) in [7, 11) is 0. The van der Waals surface area contributed by atoms with Gasteiger partial charge in [-0.3, -0.25) is 5.10 Å². The number of nitrogens with zero attached hydrogens (tertiary/aromatic N) is 4. The fraction of sp³-hybridized carbons (Fsp3) is 0.250. The predicted octanol–water partition coefficient (Wildman–Crippen LogP) is 1.92. The highest BCUT2D eigenvalue weighted by Gasteiger charge is 2.22. The summed E-state index contributed by atoms with van der Waals surface area (Å²) < 4.78 is 12.9. The molecular weight excluding hydrogens is 265 g/mol. The quantitative estimate of drug-likeness (QED) is 0.440. The Hall–Kier alpha value is -2.41. The largest absolute Gasteiger partial charge is 0.390 e. The number of benzene rings is 1. The highest BCUT2D eigenvalue weighted by molar-refractivity contribution is 5.63. The number of azide groups is 1. The van der Waals surface area contributed by atoms with E-state index in [4.69, 9.17) is 5.53 Å². The lowest BCUT2D eigenvalue weighted by atomic mass is 10.0. The maximum atomic E-state index is 12.9. The van der Waals surface area contributed by atoms with Crippen LogP contribution in [0.25, 0.3) is 21.7 Å². The molecule has 1 aromatic heterocycles. The van der Waals surface area contributed by atoms with Gasteiger partial charge in [0.1, 0.15) is 11.9 Å². The molecule has 2 aromatic rings. The smallest absolute Gasteiger partial charge is 0.123 e. The van der Waals surface area contributed by atoms with Crippen molar-refractivity contribution in [2.45, 2.75) is 12.2 Å². The maximum Gasteiger partial charge on any atom is 0.123 e. The number of hydrogen-bond acceptors (Lipinski definition) is 4. The van der Waals surface area contributed by atoms with Gasteiger partial charge >= 0.3 is 0 Å². The minimum absolute atomic E-state index is 0.258. The SMILES string of the molecule is [N-]=[N+]=NCC(O)C(O)c1cn[nH]c1-c1ccc(F)cc1. The monoisotopic (exact) mass is 277 g/mol. The van der Waals surface area contributed by atoms with Crippen LogP contribution in [0.2, 0.25) is 0 Å². The van der Waals surface area contributed by atoms with Crippen LogP contribution in [-0.4, -0.2) is 33.1 Å². The third-order valence-corrected chi connectivity index (χ3v) is 2.82. The Morgan fingerprint density at radius 3 is 2.70 bits per heavy atom. The van der Waals surface area contributed by atoms with Gasteiger partial charge in [-0.15, -0.1) is 0 Å². The number of hydrogen-bond donors (Lipinski definition) is 3. The van der Waals surface area contributed by atoms with Gasteiger partial charge in [-0.25, -0.2) is 4.39 Å². The van der Waals surface area contributed by atoms with E-state index >= 15 is 0 Å². The number of nitrogens with one attached hydrogen (secondary N) is 1. The lowest BCUT2D eigenvalue weighted by Gasteiger charge is -2.16. The van der Waals surface area contributed by atoms with E-state index in [0.717, 1.165) is 0 Å². The van der Waals surface area contributed by atoms with Gasteiger partial charge in [0.2, 0.25) is 0 Å². The van der Waals surface area contributed by atoms with Gasteiger partial charge in [0.25, 0.3) is 0 Å². The third kappa shape index (κ3) is 2.94. The van der Waals surface area contributed by atoms with Crippen molar-refractivity contribution in [3.63, 3.8) is 0 Å². The maximum absolute atomic E-state index is 12.9. The number of aliphatic hydroxyl groups excluding tert-OH is 2. The van der Waals surface area contributed by atoms with Crippen LogP contribution in [0.1, 0.15) is 11.7 Å². The van der Waals surface area contributed by atoms with Crippen LogP contribution < -0.4 is 0 Å². The number of rotatable bonds is 5. The average Bonchev–Trinajstić information content (AvgIpc) is 2.94. The summed E-state index contributed by atoms with van der Waals surface area (Å²) in [6.45, 7) is -0.258. The van der Waals surface area contributed by atoms with Crippen LogP contribution in [0, 0.1) is 5.82 Å². The molecule has 0 aliphatic carbocycles. The summed E-state index contributed by atoms with van der Waals surface area (Å²) in [5.41, 5.74) is 9.63. The van der Waals surface area contributed by atoms with Gasteiger partial charge < -0.3 is 10.2 Å². The highest BCUT2D eigenvalue weighted by atomic mass is 19.1. The van der Waals surface area contributed by atoms with E-state index in [1.807, 2.05) is 0 Å². The van der Waals surface area contributed by atoms with Gasteiger partial charge in [-0.05, 0) is 29.8 Å². The number of aliphatic hydroxyl groups is 2. The number of halogens is 1. The summed E-state index contributed by atoms with van der Waals surface area (Å²) in [5, 5.41) is 29.5. The topological polar surface area (TPSA) is 118 Å². The molecule has 0 aliphatic heterocycles. The molecular formula is C12H12FN5O2. The molecule has 0 saturated carbocycles. The van der Waals surface area contributed by atoms with Gasteiger partial charge in [-0.1, -0.05) is 5.11 Å². The molecule has 8 heteroatoms. The summed E-state index contributed by atoms with van der Waals surface area (Å²) >= 11 is 0. The summed E-state index contributed by atoms with van der Waals surface area (Å²) in [4.78, 5) is 2.52. The Balaban J connectivity index is 2.28. The zero-order valence-corrected chi connectivity index (χ0v) is 10.3. The molecule has 0 radical (unpaired) electrons. The molecule has 2 rings (SSSR count). The zero-order chi connectivity index (χ0) is 14.5. The standard InChI is InChI=1S/C12H12FN5O2/c13-8-3-1-7(2-4-8)11-9(5-15-17-11)12(20)10(19)6-16-18-14/h1-5,10,12,19-20H,6H2,(H,15,17). The van der Waals surface area contributed by atoms with E-state index in [1.54, 1.807) is 0 Å². The summed E-state index contributed by atoms with van der Waals surface area (Å²) in [5.74, 6) is -0.376. The van der Waals surface area contributed by atoms with Crippen LogP contribution in [0.4, 0.5) is 4.39 Å². The molecule has 104 valence electrons. The second-order valence-electron chi connectivity index (χ2n) is 4.13. The van der Waals surface area contributed by atoms with Crippen LogP contribution >= 0.6 is 0 Å². The first kappa shape index (κ1) is 14.0. The fourth-order valence-electron chi connectivity index (χ4n) is 1.79. The van der Waals surface area contributed by atoms with E-state index < -0.39 is 12.2 Å². The first-order chi connectivity index (χ1) is 9.63. The lowest BCUT2D eigenvalue weighted by Crippen LogP contribution is -2.21. The lowest BCUT2D eigenvalue weighted by molar-refractivity contribution is 0.0247. The van der Waals surface area contributed by atoms with E-state index in [-0.39, 0.29) is 12.4 Å². The first-order valence-electron chi connectivity index (χ1n) is 5.79. The normalized spacial score (nSPS) is 13.6. The van der Waals surface area contributed by atoms with Crippen molar-refractivity contribution < 1.29 is 14.6 Å². The van der Waals surface area contributed by atoms with E-state index in [9.17, 15) is 14.6 Å². The van der Waals surface area contributed by atoms with E-state index in [2.05, 4.69) is 20.2 Å². The molecule has 2 unspecified atom stereocenters. The van der Waals surface area contributed by atoms with Gasteiger partial charge in [-0.2, -0.15) is 5.10 Å². The molecule has 1 aromatic carbocycles. The van der Waals surface area contributed by atoms with Crippen LogP contribution in [-0.2, 0) is 0 Å². The number of H-pyrrole nitrogens is 1. The van der Waals surface area contributed by atoms with Gasteiger partial charge in [0, 0.05) is 16.0 Å². The molecule has 0 saturated heterocycles. The minimum atomic E-state index is -1.26. The summed E-state index contributed by atoms with van der Waals surface area (Å²) in [6.07, 6.45) is -1.15. The van der Waals surface area contributed by atoms with E-state index in [1.165, 1.54) is 30.5 Å². The second-order valence-corrected chi connectivity index (χ2v) is 4.13. The molecule has 0 spiro atoms. The Morgan fingerprint density at radius 2 is 2.05 bits per heavy atom. The molecule has 3 N–H and O–H groups in total. The van der Waals surface area contributed by atoms with Crippen molar-refractivity contribution in [3.8, 4) is 11.3 Å². The first-order valence-corrected chi connectivity index (χ1v) is 5.79. The summed E-state index contributed by atoms with van der Waals surface area (Å²) in [6, 6.07) is 5.61.